The SMILES string of the molecule is CN(C)CCN(C(=O)CS(=O)(=O)c1ccc(Cl)cc1)c1nc2ccc(Cl)cc2s1. The molecule has 0 radical (unpaired) electrons. The highest BCUT2D eigenvalue weighted by molar-refractivity contribution is 7.92. The molecule has 0 saturated carbocycles. The van der Waals surface area contributed by atoms with Crippen LogP contribution in [-0.2, 0) is 14.6 Å². The van der Waals surface area contributed by atoms with Crippen LogP contribution in [0, 0.1) is 0 Å². The molecule has 2 aromatic carbocycles. The summed E-state index contributed by atoms with van der Waals surface area (Å²) in [6.07, 6.45) is 0. The molecule has 0 aliphatic carbocycles. The fourth-order valence-corrected chi connectivity index (χ4v) is 5.20. The number of carbonyl (C=O) groups is 1. The summed E-state index contributed by atoms with van der Waals surface area (Å²) in [4.78, 5) is 20.9. The van der Waals surface area contributed by atoms with Crippen molar-refractivity contribution in [3.8, 4) is 0 Å². The van der Waals surface area contributed by atoms with E-state index in [4.69, 9.17) is 23.2 Å². The van der Waals surface area contributed by atoms with E-state index >= 15 is 0 Å². The highest BCUT2D eigenvalue weighted by atomic mass is 35.5. The van der Waals surface area contributed by atoms with Crippen LogP contribution in [0.3, 0.4) is 0 Å². The van der Waals surface area contributed by atoms with E-state index in [0.717, 1.165) is 4.70 Å². The Morgan fingerprint density at radius 3 is 2.34 bits per heavy atom. The summed E-state index contributed by atoms with van der Waals surface area (Å²) in [7, 11) is -0.0520. The number of rotatable bonds is 7. The summed E-state index contributed by atoms with van der Waals surface area (Å²) in [5.74, 6) is -1.19. The molecule has 0 bridgehead atoms. The Morgan fingerprint density at radius 2 is 1.69 bits per heavy atom. The van der Waals surface area contributed by atoms with Gasteiger partial charge in [-0.15, -0.1) is 0 Å². The van der Waals surface area contributed by atoms with Gasteiger partial charge in [0.15, 0.2) is 15.0 Å². The van der Waals surface area contributed by atoms with Crippen molar-refractivity contribution in [1.82, 2.24) is 9.88 Å². The number of nitrogens with zero attached hydrogens (tertiary/aromatic N) is 3. The number of hydrogen-bond donors (Lipinski definition) is 0. The van der Waals surface area contributed by atoms with Gasteiger partial charge in [-0.2, -0.15) is 0 Å². The zero-order chi connectivity index (χ0) is 21.2. The number of carbonyl (C=O) groups excluding carboxylic acids is 1. The number of benzene rings is 2. The molecule has 10 heteroatoms. The van der Waals surface area contributed by atoms with E-state index in [0.29, 0.717) is 33.8 Å². The van der Waals surface area contributed by atoms with Crippen LogP contribution >= 0.6 is 34.5 Å². The van der Waals surface area contributed by atoms with Crippen LogP contribution in [0.15, 0.2) is 47.4 Å². The van der Waals surface area contributed by atoms with Crippen LogP contribution < -0.4 is 4.90 Å². The predicted octanol–water partition coefficient (Wildman–Crippen LogP) is 3.97. The molecule has 6 nitrogen and oxygen atoms in total. The van der Waals surface area contributed by atoms with Crippen molar-refractivity contribution in [1.29, 1.82) is 0 Å². The second-order valence-corrected chi connectivity index (χ2v) is 10.5. The van der Waals surface area contributed by atoms with E-state index in [9.17, 15) is 13.2 Å². The molecule has 3 aromatic rings. The molecule has 0 fully saturated rings. The maximum absolute atomic E-state index is 13.0. The molecule has 0 saturated heterocycles. The summed E-state index contributed by atoms with van der Waals surface area (Å²) in [6, 6.07) is 11.0. The van der Waals surface area contributed by atoms with Crippen molar-refractivity contribution < 1.29 is 13.2 Å². The number of thiazole rings is 1. The Bertz CT molecular complexity index is 1130. The molecule has 0 aliphatic heterocycles. The normalized spacial score (nSPS) is 11.9. The van der Waals surface area contributed by atoms with E-state index in [1.54, 1.807) is 18.2 Å². The van der Waals surface area contributed by atoms with Crippen molar-refractivity contribution in [2.45, 2.75) is 4.90 Å². The molecule has 0 atom stereocenters. The molecule has 1 aromatic heterocycles. The minimum atomic E-state index is -3.81. The molecule has 0 aliphatic rings. The molecule has 29 heavy (non-hydrogen) atoms. The monoisotopic (exact) mass is 471 g/mol. The Balaban J connectivity index is 1.90. The molecule has 1 heterocycles. The van der Waals surface area contributed by atoms with E-state index in [-0.39, 0.29) is 4.90 Å². The largest absolute Gasteiger partial charge is 0.308 e. The molecule has 0 unspecified atom stereocenters. The third-order valence-corrected chi connectivity index (χ3v) is 7.27. The van der Waals surface area contributed by atoms with Crippen molar-refractivity contribution in [3.05, 3.63) is 52.5 Å². The van der Waals surface area contributed by atoms with Crippen molar-refractivity contribution >= 4 is 65.6 Å². The second-order valence-electron chi connectivity index (χ2n) is 6.67. The molecule has 0 N–H and O–H groups in total. The number of sulfone groups is 1. The lowest BCUT2D eigenvalue weighted by atomic mass is 10.3. The minimum Gasteiger partial charge on any atom is -0.308 e. The Kier molecular flexibility index (Phi) is 6.80. The van der Waals surface area contributed by atoms with E-state index in [2.05, 4.69) is 4.98 Å². The van der Waals surface area contributed by atoms with Gasteiger partial charge in [0.1, 0.15) is 5.75 Å². The van der Waals surface area contributed by atoms with Crippen LogP contribution in [0.5, 0.6) is 0 Å². The van der Waals surface area contributed by atoms with Crippen molar-refractivity contribution in [2.75, 3.05) is 37.8 Å². The third-order valence-electron chi connectivity index (χ3n) is 4.13. The fourth-order valence-electron chi connectivity index (χ4n) is 2.59. The first-order valence-electron chi connectivity index (χ1n) is 8.65. The zero-order valence-electron chi connectivity index (χ0n) is 15.8. The van der Waals surface area contributed by atoms with Gasteiger partial charge in [0, 0.05) is 23.1 Å². The Morgan fingerprint density at radius 1 is 1.03 bits per heavy atom. The van der Waals surface area contributed by atoms with Gasteiger partial charge in [0.25, 0.3) is 0 Å². The number of aromatic nitrogens is 1. The van der Waals surface area contributed by atoms with Crippen LogP contribution in [0.2, 0.25) is 10.0 Å². The second kappa shape index (κ2) is 8.97. The lowest BCUT2D eigenvalue weighted by Crippen LogP contribution is -2.40. The van der Waals surface area contributed by atoms with Gasteiger partial charge in [-0.25, -0.2) is 13.4 Å². The lowest BCUT2D eigenvalue weighted by molar-refractivity contribution is -0.116. The van der Waals surface area contributed by atoms with Crippen LogP contribution in [0.1, 0.15) is 0 Å². The molecule has 0 spiro atoms. The smallest absolute Gasteiger partial charge is 0.244 e. The number of anilines is 1. The molecular formula is C19H19Cl2N3O3S2. The summed E-state index contributed by atoms with van der Waals surface area (Å²) < 4.78 is 26.2. The maximum Gasteiger partial charge on any atom is 0.244 e. The molecule has 154 valence electrons. The maximum atomic E-state index is 13.0. The van der Waals surface area contributed by atoms with Crippen LogP contribution in [-0.4, -0.2) is 57.1 Å². The number of halogens is 2. The van der Waals surface area contributed by atoms with Gasteiger partial charge in [-0.3, -0.25) is 9.69 Å². The van der Waals surface area contributed by atoms with Gasteiger partial charge in [-0.1, -0.05) is 34.5 Å². The van der Waals surface area contributed by atoms with Gasteiger partial charge >= 0.3 is 0 Å². The third kappa shape index (κ3) is 5.46. The van der Waals surface area contributed by atoms with Crippen molar-refractivity contribution in [2.24, 2.45) is 0 Å². The summed E-state index contributed by atoms with van der Waals surface area (Å²) >= 11 is 13.2. The minimum absolute atomic E-state index is 0.0545. The van der Waals surface area contributed by atoms with E-state index < -0.39 is 21.5 Å². The Hall–Kier alpha value is -1.71. The lowest BCUT2D eigenvalue weighted by Gasteiger charge is -2.22. The summed E-state index contributed by atoms with van der Waals surface area (Å²) in [5.41, 5.74) is 0.706. The highest BCUT2D eigenvalue weighted by Crippen LogP contribution is 2.31. The quantitative estimate of drug-likeness (QED) is 0.521. The zero-order valence-corrected chi connectivity index (χ0v) is 18.9. The first kappa shape index (κ1) is 22.0. The number of amides is 1. The predicted molar refractivity (Wildman–Crippen MR) is 119 cm³/mol. The highest BCUT2D eigenvalue weighted by Gasteiger charge is 2.26. The summed E-state index contributed by atoms with van der Waals surface area (Å²) in [6.45, 7) is 0.874. The van der Waals surface area contributed by atoms with Crippen molar-refractivity contribution in [3.63, 3.8) is 0 Å². The fraction of sp³-hybridized carbons (Fsp3) is 0.263. The van der Waals surface area contributed by atoms with Gasteiger partial charge in [0.2, 0.25) is 5.91 Å². The van der Waals surface area contributed by atoms with Crippen LogP contribution in [0.25, 0.3) is 10.2 Å². The summed E-state index contributed by atoms with van der Waals surface area (Å²) in [5, 5.41) is 1.45. The first-order valence-corrected chi connectivity index (χ1v) is 11.9. The first-order chi connectivity index (χ1) is 13.7. The number of likely N-dealkylation sites (N-methyl/N-ethyl adjacent to an activating group) is 1. The molecular weight excluding hydrogens is 453 g/mol. The van der Waals surface area contributed by atoms with Gasteiger partial charge in [-0.05, 0) is 56.6 Å². The number of hydrogen-bond acceptors (Lipinski definition) is 6. The molecule has 1 amide bonds. The van der Waals surface area contributed by atoms with E-state index in [1.165, 1.54) is 40.5 Å². The standard InChI is InChI=1S/C19H19Cl2N3O3S2/c1-23(2)9-10-24(19-22-16-8-5-14(21)11-17(16)28-19)18(25)12-29(26,27)15-6-3-13(20)4-7-15/h3-8,11H,9-10,12H2,1-2H3. The number of fused-ring (bicyclic) bond motifs is 1. The van der Waals surface area contributed by atoms with E-state index in [1.807, 2.05) is 19.0 Å². The average molecular weight is 472 g/mol. The Labute approximate surface area is 183 Å². The topological polar surface area (TPSA) is 70.6 Å². The average Bonchev–Trinajstić information content (AvgIpc) is 3.04. The van der Waals surface area contributed by atoms with Gasteiger partial charge < -0.3 is 4.90 Å². The van der Waals surface area contributed by atoms with Gasteiger partial charge in [0.05, 0.1) is 15.1 Å². The van der Waals surface area contributed by atoms with Crippen LogP contribution in [0.4, 0.5) is 5.13 Å². The molecule has 3 rings (SSSR count).